The summed E-state index contributed by atoms with van der Waals surface area (Å²) in [6.07, 6.45) is 3.31. The van der Waals surface area contributed by atoms with Crippen molar-refractivity contribution in [2.24, 2.45) is 4.99 Å². The van der Waals surface area contributed by atoms with E-state index >= 15 is 0 Å². The van der Waals surface area contributed by atoms with Gasteiger partial charge in [-0.05, 0) is 0 Å². The van der Waals surface area contributed by atoms with Crippen LogP contribution in [-0.4, -0.2) is 73.4 Å². The molecule has 0 radical (unpaired) electrons. The molecule has 1 fully saturated rings. The fraction of sp³-hybridized carbons (Fsp3) is 0.412. The molecule has 0 saturated carbocycles. The zero-order chi connectivity index (χ0) is 22.3. The Morgan fingerprint density at radius 2 is 2.23 bits per heavy atom. The highest BCUT2D eigenvalue weighted by atomic mass is 32.2. The number of nitriles is 1. The number of nitrogens with one attached hydrogen (secondary N) is 1. The first-order valence-corrected chi connectivity index (χ1v) is 11.5. The lowest BCUT2D eigenvalue weighted by Gasteiger charge is -2.49. The maximum Gasteiger partial charge on any atom is 0.352 e. The van der Waals surface area contributed by atoms with E-state index in [1.807, 2.05) is 0 Å². The molecular weight excluding hydrogens is 452 g/mol. The molecular formula is C17H18N4O6S3. The Balaban J connectivity index is 1.99. The van der Waals surface area contributed by atoms with E-state index in [1.54, 1.807) is 12.3 Å². The standard InChI is InChI=1S/C17H18N4O6S3/c1-3-4-28-17(19-8-18)30-7-11(23)20-12-14(24)21-13(16(25)26)10(5-27-9(2)22)6-29-15(12)21/h3,12,15H,1,4-7H2,2H3,(H,20,23)(H,25,26)/t12-,15-/m1/s1. The number of hydrogen-bond donors (Lipinski definition) is 2. The fourth-order valence-electron chi connectivity index (χ4n) is 2.60. The number of carbonyl (C=O) groups excluding carboxylic acids is 3. The van der Waals surface area contributed by atoms with E-state index in [4.69, 9.17) is 10.00 Å². The van der Waals surface area contributed by atoms with Crippen molar-refractivity contribution in [1.29, 1.82) is 5.26 Å². The minimum absolute atomic E-state index is 0.0504. The first-order valence-electron chi connectivity index (χ1n) is 8.46. The monoisotopic (exact) mass is 470 g/mol. The smallest absolute Gasteiger partial charge is 0.352 e. The Kier molecular flexibility index (Phi) is 8.82. The number of carbonyl (C=O) groups is 4. The van der Waals surface area contributed by atoms with E-state index < -0.39 is 35.2 Å². The summed E-state index contributed by atoms with van der Waals surface area (Å²) in [7, 11) is 0. The molecule has 1 saturated heterocycles. The minimum Gasteiger partial charge on any atom is -0.477 e. The molecule has 2 rings (SSSR count). The van der Waals surface area contributed by atoms with Crippen LogP contribution in [0.3, 0.4) is 0 Å². The summed E-state index contributed by atoms with van der Waals surface area (Å²) in [6.45, 7) is 4.57. The number of amides is 2. The maximum absolute atomic E-state index is 12.5. The Bertz CT molecular complexity index is 866. The van der Waals surface area contributed by atoms with Gasteiger partial charge in [-0.15, -0.1) is 18.3 Å². The number of β-lactam (4-membered cyclic amide) rings is 1. The zero-order valence-electron chi connectivity index (χ0n) is 15.8. The maximum atomic E-state index is 12.5. The Morgan fingerprint density at radius 1 is 1.50 bits per heavy atom. The fourth-order valence-corrected chi connectivity index (χ4v) is 5.45. The molecule has 0 aliphatic carbocycles. The first kappa shape index (κ1) is 23.8. The third kappa shape index (κ3) is 5.80. The molecule has 0 aromatic rings. The van der Waals surface area contributed by atoms with Gasteiger partial charge in [0.15, 0.2) is 0 Å². The molecule has 30 heavy (non-hydrogen) atoms. The van der Waals surface area contributed by atoms with Gasteiger partial charge in [-0.3, -0.25) is 19.3 Å². The predicted molar refractivity (Wildman–Crippen MR) is 114 cm³/mol. The van der Waals surface area contributed by atoms with E-state index in [1.165, 1.54) is 30.4 Å². The van der Waals surface area contributed by atoms with Crippen LogP contribution in [0.5, 0.6) is 0 Å². The molecule has 160 valence electrons. The van der Waals surface area contributed by atoms with Gasteiger partial charge in [0.05, 0.1) is 5.75 Å². The summed E-state index contributed by atoms with van der Waals surface area (Å²) in [6, 6.07) is -0.857. The van der Waals surface area contributed by atoms with Crippen LogP contribution in [0.2, 0.25) is 0 Å². The molecule has 0 bridgehead atoms. The van der Waals surface area contributed by atoms with Crippen LogP contribution >= 0.6 is 35.3 Å². The Hall–Kier alpha value is -2.43. The summed E-state index contributed by atoms with van der Waals surface area (Å²) in [5.41, 5.74) is 0.110. The molecule has 2 aliphatic heterocycles. The number of aliphatic carboxylic acids is 1. The molecule has 0 aromatic carbocycles. The van der Waals surface area contributed by atoms with E-state index in [2.05, 4.69) is 16.9 Å². The molecule has 2 heterocycles. The van der Waals surface area contributed by atoms with Crippen LogP contribution < -0.4 is 5.32 Å². The minimum atomic E-state index is -1.30. The van der Waals surface area contributed by atoms with Crippen LogP contribution in [0.1, 0.15) is 6.92 Å². The van der Waals surface area contributed by atoms with Crippen LogP contribution in [0.25, 0.3) is 0 Å². The molecule has 0 spiro atoms. The van der Waals surface area contributed by atoms with Crippen molar-refractivity contribution in [3.8, 4) is 6.19 Å². The SMILES string of the molecule is C=CCSC(=NC#N)SCC(=O)N[C@@H]1C(=O)N2C(C(=O)O)=C(COC(C)=O)CS[C@H]12. The highest BCUT2D eigenvalue weighted by Gasteiger charge is 2.54. The molecule has 2 amide bonds. The van der Waals surface area contributed by atoms with E-state index in [-0.39, 0.29) is 23.8 Å². The molecule has 2 atom stereocenters. The Morgan fingerprint density at radius 3 is 2.83 bits per heavy atom. The van der Waals surface area contributed by atoms with Gasteiger partial charge in [0.25, 0.3) is 5.91 Å². The summed E-state index contributed by atoms with van der Waals surface area (Å²) in [4.78, 5) is 52.2. The van der Waals surface area contributed by atoms with E-state index in [0.29, 0.717) is 15.7 Å². The largest absolute Gasteiger partial charge is 0.477 e. The lowest BCUT2D eigenvalue weighted by molar-refractivity contribution is -0.150. The molecule has 2 N–H and O–H groups in total. The van der Waals surface area contributed by atoms with Crippen molar-refractivity contribution >= 4 is 63.4 Å². The molecule has 2 aliphatic rings. The van der Waals surface area contributed by atoms with Crippen LogP contribution in [-0.2, 0) is 23.9 Å². The number of esters is 1. The van der Waals surface area contributed by atoms with Crippen molar-refractivity contribution in [1.82, 2.24) is 10.2 Å². The number of carboxylic acids is 1. The molecule has 0 aromatic heterocycles. The highest BCUT2D eigenvalue weighted by Crippen LogP contribution is 2.40. The zero-order valence-corrected chi connectivity index (χ0v) is 18.3. The third-order valence-electron chi connectivity index (χ3n) is 3.81. The average molecular weight is 471 g/mol. The predicted octanol–water partition coefficient (Wildman–Crippen LogP) is 0.778. The van der Waals surface area contributed by atoms with Gasteiger partial charge in [0, 0.05) is 24.0 Å². The van der Waals surface area contributed by atoms with Gasteiger partial charge >= 0.3 is 11.9 Å². The number of hydrogen-bond acceptors (Lipinski definition) is 10. The van der Waals surface area contributed by atoms with Crippen LogP contribution in [0, 0.1) is 11.5 Å². The lowest BCUT2D eigenvalue weighted by atomic mass is 10.0. The van der Waals surface area contributed by atoms with Crippen molar-refractivity contribution < 1.29 is 29.0 Å². The van der Waals surface area contributed by atoms with Crippen molar-refractivity contribution in [3.63, 3.8) is 0 Å². The second-order valence-corrected chi connectivity index (χ2v) is 9.19. The Labute approximate surface area is 185 Å². The van der Waals surface area contributed by atoms with E-state index in [9.17, 15) is 24.3 Å². The van der Waals surface area contributed by atoms with Crippen molar-refractivity contribution in [2.75, 3.05) is 23.9 Å². The molecule has 10 nitrogen and oxygen atoms in total. The van der Waals surface area contributed by atoms with Crippen LogP contribution in [0.4, 0.5) is 0 Å². The van der Waals surface area contributed by atoms with Crippen LogP contribution in [0.15, 0.2) is 28.9 Å². The second-order valence-electron chi connectivity index (χ2n) is 5.86. The van der Waals surface area contributed by atoms with E-state index in [0.717, 1.165) is 16.7 Å². The number of rotatable bonds is 8. The third-order valence-corrected chi connectivity index (χ3v) is 7.34. The normalized spacial score (nSPS) is 20.6. The quantitative estimate of drug-likeness (QED) is 0.130. The average Bonchev–Trinajstić information content (AvgIpc) is 2.71. The van der Waals surface area contributed by atoms with Gasteiger partial charge in [0.2, 0.25) is 12.1 Å². The number of carboxylic acid groups (broad SMARTS) is 1. The topological polar surface area (TPSA) is 149 Å². The van der Waals surface area contributed by atoms with Gasteiger partial charge in [-0.2, -0.15) is 10.3 Å². The molecule has 0 unspecified atom stereocenters. The number of thioether (sulfide) groups is 3. The second kappa shape index (κ2) is 11.1. The van der Waals surface area contributed by atoms with Crippen molar-refractivity contribution in [2.45, 2.75) is 18.3 Å². The van der Waals surface area contributed by atoms with Crippen molar-refractivity contribution in [3.05, 3.63) is 23.9 Å². The lowest BCUT2D eigenvalue weighted by Crippen LogP contribution is -2.70. The summed E-state index contributed by atoms with van der Waals surface area (Å²) >= 11 is 3.61. The number of ether oxygens (including phenoxy) is 1. The number of aliphatic imine (C=N–C) groups is 1. The van der Waals surface area contributed by atoms with Gasteiger partial charge in [-0.25, -0.2) is 4.79 Å². The highest BCUT2D eigenvalue weighted by molar-refractivity contribution is 8.39. The number of fused-ring (bicyclic) bond motifs is 1. The number of nitrogens with zero attached hydrogens (tertiary/aromatic N) is 3. The summed E-state index contributed by atoms with van der Waals surface area (Å²) in [5.74, 6) is -2.10. The first-order chi connectivity index (χ1) is 14.3. The summed E-state index contributed by atoms with van der Waals surface area (Å²) < 4.78 is 5.28. The van der Waals surface area contributed by atoms with Gasteiger partial charge in [-0.1, -0.05) is 29.6 Å². The van der Waals surface area contributed by atoms with Gasteiger partial charge in [0.1, 0.15) is 28.1 Å². The molecule has 13 heteroatoms. The summed E-state index contributed by atoms with van der Waals surface area (Å²) in [5, 5.41) is 20.3. The van der Waals surface area contributed by atoms with Gasteiger partial charge < -0.3 is 15.2 Å².